The first-order valence-electron chi connectivity index (χ1n) is 11.8. The van der Waals surface area contributed by atoms with Crippen molar-refractivity contribution >= 4 is 34.3 Å². The molecule has 0 spiro atoms. The highest BCUT2D eigenvalue weighted by atomic mass is 32.2. The standard InChI is InChI=1S/C29H31N2O2S/c1-3-4-10-20-31-21-19-28(26-13-8-9-14-27(26)31)34-22-29(32)30(2)23-15-17-25(18-16-23)33-24-11-6-5-7-12-24/h5-9,11-19,21H,3-4,10,20,22H2,1-2H3/q+1. The molecule has 0 fully saturated rings. The molecule has 0 saturated carbocycles. The van der Waals surface area contributed by atoms with Gasteiger partial charge in [0.15, 0.2) is 6.20 Å². The average Bonchev–Trinajstić information content (AvgIpc) is 2.88. The summed E-state index contributed by atoms with van der Waals surface area (Å²) in [5.74, 6) is 1.97. The van der Waals surface area contributed by atoms with Crippen LogP contribution >= 0.6 is 11.8 Å². The Morgan fingerprint density at radius 1 is 0.882 bits per heavy atom. The summed E-state index contributed by atoms with van der Waals surface area (Å²) in [6, 6.07) is 27.9. The molecule has 174 valence electrons. The predicted octanol–water partition coefficient (Wildman–Crippen LogP) is 6.86. The molecule has 0 aliphatic carbocycles. The van der Waals surface area contributed by atoms with Crippen molar-refractivity contribution in [2.75, 3.05) is 17.7 Å². The number of thioether (sulfide) groups is 1. The molecule has 1 aromatic heterocycles. The van der Waals surface area contributed by atoms with Gasteiger partial charge in [0, 0.05) is 36.2 Å². The number of amides is 1. The summed E-state index contributed by atoms with van der Waals surface area (Å²) in [5, 5.41) is 1.20. The molecule has 34 heavy (non-hydrogen) atoms. The molecule has 0 N–H and O–H groups in total. The molecular formula is C29H31N2O2S+. The van der Waals surface area contributed by atoms with Crippen molar-refractivity contribution in [1.82, 2.24) is 0 Å². The number of unbranched alkanes of at least 4 members (excludes halogenated alkanes) is 2. The number of aryl methyl sites for hydroxylation is 1. The average molecular weight is 472 g/mol. The molecule has 3 aromatic carbocycles. The Bertz CT molecular complexity index is 1230. The molecule has 1 heterocycles. The lowest BCUT2D eigenvalue weighted by Gasteiger charge is -2.18. The largest absolute Gasteiger partial charge is 0.457 e. The number of ether oxygens (including phenoxy) is 1. The normalized spacial score (nSPS) is 10.9. The first-order chi connectivity index (χ1) is 16.7. The minimum atomic E-state index is 0.0606. The van der Waals surface area contributed by atoms with Gasteiger partial charge in [0.2, 0.25) is 11.4 Å². The SMILES string of the molecule is CCCCC[n+]1ccc(SCC(=O)N(C)c2ccc(Oc3ccccc3)cc2)c2ccccc21. The number of pyridine rings is 1. The van der Waals surface area contributed by atoms with Gasteiger partial charge in [-0.15, -0.1) is 11.8 Å². The van der Waals surface area contributed by atoms with E-state index in [0.29, 0.717) is 5.75 Å². The fourth-order valence-corrected chi connectivity index (χ4v) is 4.81. The highest BCUT2D eigenvalue weighted by molar-refractivity contribution is 8.00. The Labute approximate surface area is 206 Å². The predicted molar refractivity (Wildman–Crippen MR) is 141 cm³/mol. The number of hydrogen-bond donors (Lipinski definition) is 0. The lowest BCUT2D eigenvalue weighted by Crippen LogP contribution is -2.34. The van der Waals surface area contributed by atoms with Crippen LogP contribution in [0.3, 0.4) is 0 Å². The van der Waals surface area contributed by atoms with E-state index in [2.05, 4.69) is 48.0 Å². The van der Waals surface area contributed by atoms with Crippen LogP contribution in [0.5, 0.6) is 11.5 Å². The molecule has 0 unspecified atom stereocenters. The van der Waals surface area contributed by atoms with Gasteiger partial charge in [-0.3, -0.25) is 4.79 Å². The third-order valence-corrected chi connectivity index (χ3v) is 6.87. The van der Waals surface area contributed by atoms with E-state index in [1.807, 2.05) is 61.6 Å². The Hall–Kier alpha value is -3.31. The lowest BCUT2D eigenvalue weighted by atomic mass is 10.2. The number of carbonyl (C=O) groups is 1. The van der Waals surface area contributed by atoms with Crippen molar-refractivity contribution in [3.63, 3.8) is 0 Å². The Morgan fingerprint density at radius 3 is 2.35 bits per heavy atom. The third-order valence-electron chi connectivity index (χ3n) is 5.82. The van der Waals surface area contributed by atoms with Crippen LogP contribution in [0.25, 0.3) is 10.9 Å². The summed E-state index contributed by atoms with van der Waals surface area (Å²) < 4.78 is 8.17. The summed E-state index contributed by atoms with van der Waals surface area (Å²) in [4.78, 5) is 15.8. The summed E-state index contributed by atoms with van der Waals surface area (Å²) in [7, 11) is 1.82. The maximum atomic E-state index is 12.9. The zero-order valence-corrected chi connectivity index (χ0v) is 20.6. The maximum absolute atomic E-state index is 12.9. The van der Waals surface area contributed by atoms with E-state index in [0.717, 1.165) is 28.6 Å². The monoisotopic (exact) mass is 471 g/mol. The van der Waals surface area contributed by atoms with Crippen LogP contribution in [0, 0.1) is 0 Å². The van der Waals surface area contributed by atoms with Gasteiger partial charge < -0.3 is 9.64 Å². The van der Waals surface area contributed by atoms with Crippen LogP contribution < -0.4 is 14.2 Å². The van der Waals surface area contributed by atoms with Crippen molar-refractivity contribution in [2.24, 2.45) is 0 Å². The number of anilines is 1. The molecule has 4 aromatic rings. The van der Waals surface area contributed by atoms with Gasteiger partial charge in [0.25, 0.3) is 0 Å². The molecule has 5 heteroatoms. The second-order valence-corrected chi connectivity index (χ2v) is 9.27. The highest BCUT2D eigenvalue weighted by Gasteiger charge is 2.16. The quantitative estimate of drug-likeness (QED) is 0.144. The van der Waals surface area contributed by atoms with Gasteiger partial charge in [-0.05, 0) is 48.9 Å². The van der Waals surface area contributed by atoms with Gasteiger partial charge in [0.1, 0.15) is 18.0 Å². The number of rotatable bonds is 10. The lowest BCUT2D eigenvalue weighted by molar-refractivity contribution is -0.672. The van der Waals surface area contributed by atoms with E-state index in [-0.39, 0.29) is 5.91 Å². The molecule has 0 atom stereocenters. The number of aromatic nitrogens is 1. The van der Waals surface area contributed by atoms with Crippen LogP contribution in [0.4, 0.5) is 5.69 Å². The molecule has 0 saturated heterocycles. The Balaban J connectivity index is 1.40. The van der Waals surface area contributed by atoms with Crippen LogP contribution in [0.1, 0.15) is 26.2 Å². The number of carbonyl (C=O) groups excluding carboxylic acids is 1. The molecule has 0 bridgehead atoms. The van der Waals surface area contributed by atoms with Gasteiger partial charge in [-0.1, -0.05) is 43.7 Å². The first kappa shape index (κ1) is 23.8. The first-order valence-corrected chi connectivity index (χ1v) is 12.8. The van der Waals surface area contributed by atoms with E-state index >= 15 is 0 Å². The third kappa shape index (κ3) is 5.97. The molecule has 0 aliphatic rings. The Kier molecular flexibility index (Phi) is 8.21. The maximum Gasteiger partial charge on any atom is 0.237 e. The summed E-state index contributed by atoms with van der Waals surface area (Å²) >= 11 is 1.59. The minimum absolute atomic E-state index is 0.0606. The van der Waals surface area contributed by atoms with Crippen LogP contribution in [0.15, 0.2) is 96.0 Å². The van der Waals surface area contributed by atoms with Crippen molar-refractivity contribution in [3.05, 3.63) is 91.1 Å². The summed E-state index contributed by atoms with van der Waals surface area (Å²) in [6.07, 6.45) is 5.78. The fraction of sp³-hybridized carbons (Fsp3) is 0.241. The fourth-order valence-electron chi connectivity index (χ4n) is 3.86. The number of fused-ring (bicyclic) bond motifs is 1. The number of para-hydroxylation sites is 2. The number of nitrogens with zero attached hydrogens (tertiary/aromatic N) is 2. The topological polar surface area (TPSA) is 33.4 Å². The second kappa shape index (κ2) is 11.7. The van der Waals surface area contributed by atoms with Crippen LogP contribution in [0.2, 0.25) is 0 Å². The smallest absolute Gasteiger partial charge is 0.237 e. The second-order valence-electron chi connectivity index (χ2n) is 8.25. The summed E-state index contributed by atoms with van der Waals surface area (Å²) in [6.45, 7) is 3.24. The van der Waals surface area contributed by atoms with Crippen LogP contribution in [-0.2, 0) is 11.3 Å². The van der Waals surface area contributed by atoms with Gasteiger partial charge in [0.05, 0.1) is 11.1 Å². The molecule has 4 nitrogen and oxygen atoms in total. The van der Waals surface area contributed by atoms with Crippen molar-refractivity contribution in [2.45, 2.75) is 37.6 Å². The molecule has 4 rings (SSSR count). The van der Waals surface area contributed by atoms with E-state index < -0.39 is 0 Å². The van der Waals surface area contributed by atoms with E-state index in [4.69, 9.17) is 4.74 Å². The van der Waals surface area contributed by atoms with E-state index in [1.54, 1.807) is 16.7 Å². The number of benzene rings is 3. The van der Waals surface area contributed by atoms with E-state index in [9.17, 15) is 4.79 Å². The highest BCUT2D eigenvalue weighted by Crippen LogP contribution is 2.28. The molecule has 0 aliphatic heterocycles. The van der Waals surface area contributed by atoms with Crippen molar-refractivity contribution in [1.29, 1.82) is 0 Å². The van der Waals surface area contributed by atoms with Gasteiger partial charge in [-0.2, -0.15) is 4.57 Å². The minimum Gasteiger partial charge on any atom is -0.457 e. The molecule has 1 amide bonds. The van der Waals surface area contributed by atoms with Gasteiger partial charge >= 0.3 is 0 Å². The van der Waals surface area contributed by atoms with Gasteiger partial charge in [-0.25, -0.2) is 0 Å². The zero-order valence-electron chi connectivity index (χ0n) is 19.8. The van der Waals surface area contributed by atoms with Crippen molar-refractivity contribution in [3.8, 4) is 11.5 Å². The number of hydrogen-bond acceptors (Lipinski definition) is 3. The van der Waals surface area contributed by atoms with E-state index in [1.165, 1.54) is 30.2 Å². The van der Waals surface area contributed by atoms with Crippen LogP contribution in [-0.4, -0.2) is 18.7 Å². The Morgan fingerprint density at radius 2 is 1.59 bits per heavy atom. The molecule has 0 radical (unpaired) electrons. The summed E-state index contributed by atoms with van der Waals surface area (Å²) in [5.41, 5.74) is 2.07. The molecular weight excluding hydrogens is 440 g/mol. The van der Waals surface area contributed by atoms with Crippen molar-refractivity contribution < 1.29 is 14.1 Å². The zero-order chi connectivity index (χ0) is 23.8.